The molecule has 0 unspecified atom stereocenters. The highest BCUT2D eigenvalue weighted by Crippen LogP contribution is 2.41. The Hall–Kier alpha value is -2.33. The summed E-state index contributed by atoms with van der Waals surface area (Å²) in [6.45, 7) is 12.2. The van der Waals surface area contributed by atoms with Gasteiger partial charge in [-0.15, -0.1) is 6.58 Å². The molecule has 1 fully saturated rings. The van der Waals surface area contributed by atoms with Crippen LogP contribution in [0.15, 0.2) is 43.0 Å². The van der Waals surface area contributed by atoms with Crippen LogP contribution in [0.1, 0.15) is 30.1 Å². The molecule has 2 aliphatic rings. The highest BCUT2D eigenvalue weighted by atomic mass is 16.2. The van der Waals surface area contributed by atoms with Gasteiger partial charge in [0.1, 0.15) is 0 Å². The number of benzene rings is 2. The first kappa shape index (κ1) is 17.1. The number of amides is 1. The molecule has 2 aliphatic heterocycles. The molecule has 4 nitrogen and oxygen atoms in total. The molecule has 0 spiro atoms. The van der Waals surface area contributed by atoms with E-state index in [1.165, 1.54) is 37.0 Å². The van der Waals surface area contributed by atoms with Gasteiger partial charge >= 0.3 is 0 Å². The van der Waals surface area contributed by atoms with E-state index >= 15 is 0 Å². The number of nitrogens with zero attached hydrogens (tertiary/aromatic N) is 3. The Labute approximate surface area is 155 Å². The Kier molecular flexibility index (Phi) is 4.68. The molecule has 2 aromatic carbocycles. The Morgan fingerprint density at radius 1 is 1.08 bits per heavy atom. The van der Waals surface area contributed by atoms with Crippen LogP contribution in [-0.4, -0.2) is 50.1 Å². The van der Waals surface area contributed by atoms with E-state index in [-0.39, 0.29) is 5.91 Å². The maximum atomic E-state index is 12.8. The van der Waals surface area contributed by atoms with Crippen molar-refractivity contribution in [3.8, 4) is 0 Å². The Morgan fingerprint density at radius 3 is 2.73 bits per heavy atom. The third kappa shape index (κ3) is 2.78. The average Bonchev–Trinajstić information content (AvgIpc) is 2.81. The van der Waals surface area contributed by atoms with Crippen LogP contribution in [0, 0.1) is 0 Å². The van der Waals surface area contributed by atoms with Crippen LogP contribution < -0.4 is 9.80 Å². The maximum Gasteiger partial charge on any atom is 0.259 e. The lowest BCUT2D eigenvalue weighted by Gasteiger charge is -2.25. The number of anilines is 2. The smallest absolute Gasteiger partial charge is 0.259 e. The standard InChI is InChI=1S/C22H27N3O/c1-3-11-23-13-6-14-24(16-15-23)19-9-10-20-21-17(19)7-5-8-18(21)22(26)25(20)12-4-2/h4-5,7-10H,2-3,6,11-16H2,1H3. The van der Waals surface area contributed by atoms with Gasteiger partial charge in [-0.2, -0.15) is 0 Å². The van der Waals surface area contributed by atoms with Gasteiger partial charge in [-0.3, -0.25) is 4.79 Å². The molecule has 0 aliphatic carbocycles. The molecule has 2 aromatic rings. The Morgan fingerprint density at radius 2 is 1.92 bits per heavy atom. The summed E-state index contributed by atoms with van der Waals surface area (Å²) in [4.78, 5) is 19.7. The Balaban J connectivity index is 1.72. The van der Waals surface area contributed by atoms with Crippen LogP contribution >= 0.6 is 0 Å². The van der Waals surface area contributed by atoms with Gasteiger partial charge in [0.05, 0.1) is 5.69 Å². The van der Waals surface area contributed by atoms with Gasteiger partial charge in [-0.05, 0) is 44.1 Å². The van der Waals surface area contributed by atoms with E-state index in [1.54, 1.807) is 6.08 Å². The second-order valence-electron chi connectivity index (χ2n) is 7.22. The van der Waals surface area contributed by atoms with Crippen molar-refractivity contribution in [1.29, 1.82) is 0 Å². The predicted molar refractivity (Wildman–Crippen MR) is 109 cm³/mol. The third-order valence-electron chi connectivity index (χ3n) is 5.54. The van der Waals surface area contributed by atoms with Gasteiger partial charge in [0, 0.05) is 48.2 Å². The first-order valence-electron chi connectivity index (χ1n) is 9.70. The van der Waals surface area contributed by atoms with Crippen LogP contribution in [-0.2, 0) is 0 Å². The molecule has 4 rings (SSSR count). The minimum absolute atomic E-state index is 0.0904. The van der Waals surface area contributed by atoms with Gasteiger partial charge in [-0.1, -0.05) is 25.1 Å². The number of carbonyl (C=O) groups excluding carboxylic acids is 1. The number of carbonyl (C=O) groups is 1. The number of hydrogen-bond donors (Lipinski definition) is 0. The highest BCUT2D eigenvalue weighted by Gasteiger charge is 2.30. The van der Waals surface area contributed by atoms with Crippen molar-refractivity contribution in [1.82, 2.24) is 4.90 Å². The second-order valence-corrected chi connectivity index (χ2v) is 7.22. The molecule has 1 saturated heterocycles. The van der Waals surface area contributed by atoms with Crippen LogP contribution in [0.4, 0.5) is 11.4 Å². The molecule has 0 bridgehead atoms. The monoisotopic (exact) mass is 349 g/mol. The zero-order valence-corrected chi connectivity index (χ0v) is 15.6. The normalized spacial score (nSPS) is 17.8. The molecule has 0 atom stereocenters. The van der Waals surface area contributed by atoms with Gasteiger partial charge in [0.25, 0.3) is 5.91 Å². The van der Waals surface area contributed by atoms with E-state index < -0.39 is 0 Å². The molecule has 0 radical (unpaired) electrons. The van der Waals surface area contributed by atoms with Crippen LogP contribution in [0.5, 0.6) is 0 Å². The quantitative estimate of drug-likeness (QED) is 0.766. The summed E-state index contributed by atoms with van der Waals surface area (Å²) in [5, 5.41) is 2.30. The lowest BCUT2D eigenvalue weighted by molar-refractivity contribution is 0.0996. The first-order chi connectivity index (χ1) is 12.7. The topological polar surface area (TPSA) is 26.8 Å². The van der Waals surface area contributed by atoms with Gasteiger partial charge in [0.15, 0.2) is 0 Å². The summed E-state index contributed by atoms with van der Waals surface area (Å²) in [5.41, 5.74) is 3.10. The van der Waals surface area contributed by atoms with Gasteiger partial charge in [0.2, 0.25) is 0 Å². The third-order valence-corrected chi connectivity index (χ3v) is 5.54. The zero-order chi connectivity index (χ0) is 18.1. The fourth-order valence-electron chi connectivity index (χ4n) is 4.37. The summed E-state index contributed by atoms with van der Waals surface area (Å²) in [7, 11) is 0. The predicted octanol–water partition coefficient (Wildman–Crippen LogP) is 3.91. The van der Waals surface area contributed by atoms with Crippen molar-refractivity contribution < 1.29 is 4.79 Å². The highest BCUT2D eigenvalue weighted by molar-refractivity contribution is 6.26. The minimum atomic E-state index is 0.0904. The lowest BCUT2D eigenvalue weighted by Crippen LogP contribution is -2.31. The molecule has 0 saturated carbocycles. The number of hydrogen-bond acceptors (Lipinski definition) is 3. The molecule has 2 heterocycles. The number of rotatable bonds is 5. The Bertz CT molecular complexity index is 845. The van der Waals surface area contributed by atoms with E-state index in [2.05, 4.69) is 41.5 Å². The molecule has 1 amide bonds. The average molecular weight is 349 g/mol. The maximum absolute atomic E-state index is 12.8. The molecule has 0 aromatic heterocycles. The van der Waals surface area contributed by atoms with E-state index in [1.807, 2.05) is 17.0 Å². The van der Waals surface area contributed by atoms with Crippen molar-refractivity contribution in [3.05, 3.63) is 48.6 Å². The summed E-state index contributed by atoms with van der Waals surface area (Å²) < 4.78 is 0. The SMILES string of the molecule is C=CCN1C(=O)c2cccc3c(N4CCCN(CCC)CC4)ccc1c23. The molecular weight excluding hydrogens is 322 g/mol. The van der Waals surface area contributed by atoms with Crippen molar-refractivity contribution in [2.45, 2.75) is 19.8 Å². The summed E-state index contributed by atoms with van der Waals surface area (Å²) in [6.07, 6.45) is 4.19. The fraction of sp³-hybridized carbons (Fsp3) is 0.409. The van der Waals surface area contributed by atoms with E-state index in [0.29, 0.717) is 6.54 Å². The van der Waals surface area contributed by atoms with E-state index in [4.69, 9.17) is 0 Å². The van der Waals surface area contributed by atoms with Crippen molar-refractivity contribution >= 4 is 28.1 Å². The largest absolute Gasteiger partial charge is 0.370 e. The molecule has 0 N–H and O–H groups in total. The summed E-state index contributed by atoms with van der Waals surface area (Å²) in [6, 6.07) is 10.4. The molecule has 26 heavy (non-hydrogen) atoms. The lowest BCUT2D eigenvalue weighted by atomic mass is 10.0. The fourth-order valence-corrected chi connectivity index (χ4v) is 4.37. The van der Waals surface area contributed by atoms with Crippen LogP contribution in [0.2, 0.25) is 0 Å². The molecule has 4 heteroatoms. The molecular formula is C22H27N3O. The van der Waals surface area contributed by atoms with Crippen molar-refractivity contribution in [3.63, 3.8) is 0 Å². The summed E-state index contributed by atoms with van der Waals surface area (Å²) in [5.74, 6) is 0.0904. The van der Waals surface area contributed by atoms with Crippen LogP contribution in [0.3, 0.4) is 0 Å². The summed E-state index contributed by atoms with van der Waals surface area (Å²) >= 11 is 0. The van der Waals surface area contributed by atoms with E-state index in [9.17, 15) is 4.79 Å². The zero-order valence-electron chi connectivity index (χ0n) is 15.6. The van der Waals surface area contributed by atoms with Crippen LogP contribution in [0.25, 0.3) is 10.8 Å². The van der Waals surface area contributed by atoms with Crippen molar-refractivity contribution in [2.24, 2.45) is 0 Å². The van der Waals surface area contributed by atoms with Crippen molar-refractivity contribution in [2.75, 3.05) is 49.1 Å². The molecule has 136 valence electrons. The van der Waals surface area contributed by atoms with E-state index in [0.717, 1.165) is 36.3 Å². The second kappa shape index (κ2) is 7.12. The minimum Gasteiger partial charge on any atom is -0.370 e. The first-order valence-corrected chi connectivity index (χ1v) is 9.70. The van der Waals surface area contributed by atoms with Gasteiger partial charge in [-0.25, -0.2) is 0 Å². The van der Waals surface area contributed by atoms with Gasteiger partial charge < -0.3 is 14.7 Å².